The van der Waals surface area contributed by atoms with Gasteiger partial charge in [-0.25, -0.2) is 4.98 Å². The molecule has 3 rings (SSSR count). The quantitative estimate of drug-likeness (QED) is 0.433. The number of hydrogen-bond donors (Lipinski definition) is 2. The molecule has 3 aromatic rings. The summed E-state index contributed by atoms with van der Waals surface area (Å²) in [5, 5.41) is 10.6. The highest BCUT2D eigenvalue weighted by Gasteiger charge is 2.23. The van der Waals surface area contributed by atoms with E-state index in [2.05, 4.69) is 9.97 Å². The molecule has 2 aromatic carbocycles. The molecule has 0 aliphatic heterocycles. The smallest absolute Gasteiger partial charge is 0.326 e. The number of rotatable bonds is 3. The van der Waals surface area contributed by atoms with E-state index in [1.54, 1.807) is 30.3 Å². The molecular weight excluding hydrogens is 310 g/mol. The summed E-state index contributed by atoms with van der Waals surface area (Å²) in [4.78, 5) is 16.9. The highest BCUT2D eigenvalue weighted by Crippen LogP contribution is 2.36. The summed E-state index contributed by atoms with van der Waals surface area (Å²) in [6.45, 7) is 0. The van der Waals surface area contributed by atoms with Gasteiger partial charge in [-0.15, -0.1) is 0 Å². The van der Waals surface area contributed by atoms with Crippen LogP contribution in [-0.4, -0.2) is 27.9 Å². The number of aromatic nitrogens is 2. The summed E-state index contributed by atoms with van der Waals surface area (Å²) in [5.74, 6) is 0. The van der Waals surface area contributed by atoms with E-state index in [9.17, 15) is 18.5 Å². The van der Waals surface area contributed by atoms with Crippen LogP contribution in [0.25, 0.3) is 22.2 Å². The molecule has 0 fully saturated rings. The molecule has 0 aliphatic carbocycles. The highest BCUT2D eigenvalue weighted by molar-refractivity contribution is 7.85. The van der Waals surface area contributed by atoms with E-state index in [-0.39, 0.29) is 22.3 Å². The van der Waals surface area contributed by atoms with Crippen molar-refractivity contribution in [1.29, 1.82) is 0 Å². The normalized spacial score (nSPS) is 11.7. The lowest BCUT2D eigenvalue weighted by Gasteiger charge is -2.04. The van der Waals surface area contributed by atoms with Crippen molar-refractivity contribution in [1.82, 2.24) is 9.97 Å². The van der Waals surface area contributed by atoms with Gasteiger partial charge in [-0.1, -0.05) is 30.3 Å². The minimum Gasteiger partial charge on any atom is -0.326 e. The number of fused-ring (bicyclic) bond motifs is 1. The molecule has 0 amide bonds. The summed E-state index contributed by atoms with van der Waals surface area (Å²) in [5.41, 5.74) is 0.935. The van der Waals surface area contributed by atoms with Gasteiger partial charge in [-0.2, -0.15) is 8.42 Å². The zero-order chi connectivity index (χ0) is 15.9. The van der Waals surface area contributed by atoms with Gasteiger partial charge in [0.2, 0.25) is 0 Å². The Labute approximate surface area is 124 Å². The summed E-state index contributed by atoms with van der Waals surface area (Å²) in [6.07, 6.45) is 0. The molecule has 1 aromatic heterocycles. The number of nitro benzene ring substituents is 1. The van der Waals surface area contributed by atoms with Gasteiger partial charge in [0.05, 0.1) is 21.5 Å². The van der Waals surface area contributed by atoms with Crippen LogP contribution >= 0.6 is 0 Å². The van der Waals surface area contributed by atoms with Crippen molar-refractivity contribution < 1.29 is 17.9 Å². The molecule has 9 heteroatoms. The Morgan fingerprint density at radius 1 is 1.14 bits per heavy atom. The Morgan fingerprint density at radius 2 is 1.82 bits per heavy atom. The van der Waals surface area contributed by atoms with Crippen LogP contribution in [0.5, 0.6) is 0 Å². The fourth-order valence-electron chi connectivity index (χ4n) is 2.22. The molecule has 0 saturated heterocycles. The monoisotopic (exact) mass is 319 g/mol. The second-order valence-electron chi connectivity index (χ2n) is 4.49. The van der Waals surface area contributed by atoms with Crippen LogP contribution in [0.4, 0.5) is 5.69 Å². The fraction of sp³-hybridized carbons (Fsp3) is 0. The zero-order valence-electron chi connectivity index (χ0n) is 10.9. The van der Waals surface area contributed by atoms with Gasteiger partial charge in [0.25, 0.3) is 10.8 Å². The van der Waals surface area contributed by atoms with Gasteiger partial charge in [-0.3, -0.25) is 14.7 Å². The molecule has 112 valence electrons. The topological polar surface area (TPSA) is 126 Å². The third-order valence-corrected chi connectivity index (χ3v) is 3.80. The first-order valence-electron chi connectivity index (χ1n) is 6.08. The maximum absolute atomic E-state index is 11.2. The fourth-order valence-corrected chi connectivity index (χ4v) is 2.66. The van der Waals surface area contributed by atoms with Crippen molar-refractivity contribution >= 4 is 26.8 Å². The first-order chi connectivity index (χ1) is 10.4. The molecule has 0 unspecified atom stereocenters. The Bertz CT molecular complexity index is 980. The van der Waals surface area contributed by atoms with E-state index in [1.165, 1.54) is 12.1 Å². The predicted octanol–water partition coefficient (Wildman–Crippen LogP) is 2.38. The molecule has 0 saturated carbocycles. The number of nitrogens with one attached hydrogen (secondary N) is 1. The van der Waals surface area contributed by atoms with E-state index in [0.29, 0.717) is 5.56 Å². The van der Waals surface area contributed by atoms with Crippen molar-refractivity contribution in [3.63, 3.8) is 0 Å². The van der Waals surface area contributed by atoms with Crippen LogP contribution in [0.2, 0.25) is 0 Å². The SMILES string of the molecule is O=[N+]([O-])c1ccc2nc(S(=O)(=O)O)[nH]c2c1-c1ccccc1. The lowest BCUT2D eigenvalue weighted by atomic mass is 10.0. The minimum atomic E-state index is -4.53. The first kappa shape index (κ1) is 14.2. The molecular formula is C13H9N3O5S. The van der Waals surface area contributed by atoms with E-state index in [0.717, 1.165) is 0 Å². The van der Waals surface area contributed by atoms with Crippen LogP contribution < -0.4 is 0 Å². The molecule has 2 N–H and O–H groups in total. The Morgan fingerprint density at radius 3 is 2.41 bits per heavy atom. The zero-order valence-corrected chi connectivity index (χ0v) is 11.7. The molecule has 22 heavy (non-hydrogen) atoms. The number of benzene rings is 2. The van der Waals surface area contributed by atoms with Crippen LogP contribution in [0.1, 0.15) is 0 Å². The third-order valence-electron chi connectivity index (χ3n) is 3.12. The number of H-pyrrole nitrogens is 1. The average molecular weight is 319 g/mol. The lowest BCUT2D eigenvalue weighted by molar-refractivity contribution is -0.384. The van der Waals surface area contributed by atoms with Gasteiger partial charge in [0.1, 0.15) is 0 Å². The molecule has 0 spiro atoms. The number of hydrogen-bond acceptors (Lipinski definition) is 5. The van der Waals surface area contributed by atoms with E-state index in [1.807, 2.05) is 0 Å². The van der Waals surface area contributed by atoms with Crippen LogP contribution in [0.3, 0.4) is 0 Å². The predicted molar refractivity (Wildman–Crippen MR) is 78.0 cm³/mol. The first-order valence-corrected chi connectivity index (χ1v) is 7.52. The maximum Gasteiger partial charge on any atom is 0.328 e. The van der Waals surface area contributed by atoms with Crippen LogP contribution in [-0.2, 0) is 10.1 Å². The number of aromatic amines is 1. The third kappa shape index (κ3) is 2.32. The molecule has 0 aliphatic rings. The van der Waals surface area contributed by atoms with Crippen molar-refractivity contribution in [3.05, 3.63) is 52.6 Å². The van der Waals surface area contributed by atoms with E-state index < -0.39 is 20.2 Å². The van der Waals surface area contributed by atoms with E-state index in [4.69, 9.17) is 4.55 Å². The van der Waals surface area contributed by atoms with Crippen molar-refractivity contribution in [2.24, 2.45) is 0 Å². The molecule has 8 nitrogen and oxygen atoms in total. The van der Waals surface area contributed by atoms with Crippen molar-refractivity contribution in [3.8, 4) is 11.1 Å². The van der Waals surface area contributed by atoms with Gasteiger partial charge < -0.3 is 4.98 Å². The van der Waals surface area contributed by atoms with Crippen LogP contribution in [0.15, 0.2) is 47.6 Å². The largest absolute Gasteiger partial charge is 0.328 e. The lowest BCUT2D eigenvalue weighted by Crippen LogP contribution is -1.99. The summed E-state index contributed by atoms with van der Waals surface area (Å²) < 4.78 is 31.5. The van der Waals surface area contributed by atoms with Gasteiger partial charge >= 0.3 is 10.1 Å². The second-order valence-corrected chi connectivity index (χ2v) is 5.83. The number of imidazole rings is 1. The van der Waals surface area contributed by atoms with Gasteiger partial charge in [-0.05, 0) is 11.6 Å². The molecule has 0 atom stereocenters. The number of nitro groups is 1. The molecule has 0 radical (unpaired) electrons. The number of nitrogens with zero attached hydrogens (tertiary/aromatic N) is 2. The van der Waals surface area contributed by atoms with Gasteiger partial charge in [0, 0.05) is 6.07 Å². The van der Waals surface area contributed by atoms with Crippen molar-refractivity contribution in [2.75, 3.05) is 0 Å². The molecule has 1 heterocycles. The molecule has 0 bridgehead atoms. The Kier molecular flexibility index (Phi) is 3.15. The van der Waals surface area contributed by atoms with Gasteiger partial charge in [0.15, 0.2) is 0 Å². The minimum absolute atomic E-state index is 0.174. The second kappa shape index (κ2) is 4.90. The summed E-state index contributed by atoms with van der Waals surface area (Å²) >= 11 is 0. The van der Waals surface area contributed by atoms with Crippen molar-refractivity contribution in [2.45, 2.75) is 5.16 Å². The summed E-state index contributed by atoms with van der Waals surface area (Å²) in [6, 6.07) is 11.1. The maximum atomic E-state index is 11.2. The Hall–Kier alpha value is -2.78. The average Bonchev–Trinajstić information content (AvgIpc) is 2.91. The standard InChI is InChI=1S/C13H9N3O5S/c17-16(18)10-7-6-9-12(15-13(14-9)22(19,20)21)11(10)8-4-2-1-3-5-8/h1-7H,(H,14,15)(H,19,20,21). The van der Waals surface area contributed by atoms with Crippen LogP contribution in [0, 0.1) is 10.1 Å². The summed E-state index contributed by atoms with van der Waals surface area (Å²) in [7, 11) is -4.53. The highest BCUT2D eigenvalue weighted by atomic mass is 32.2. The van der Waals surface area contributed by atoms with E-state index >= 15 is 0 Å². The Balaban J connectivity index is 2.42.